The Kier molecular flexibility index (Phi) is 6.11. The fourth-order valence-corrected chi connectivity index (χ4v) is 4.10. The van der Waals surface area contributed by atoms with Crippen LogP contribution in [-0.2, 0) is 17.6 Å². The lowest BCUT2D eigenvalue weighted by Crippen LogP contribution is -2.32. The van der Waals surface area contributed by atoms with Crippen molar-refractivity contribution in [3.63, 3.8) is 0 Å². The fraction of sp³-hybridized carbons (Fsp3) is 0.417. The monoisotopic (exact) mass is 422 g/mol. The Balaban J connectivity index is 1.68. The minimum Gasteiger partial charge on any atom is -0.356 e. The highest BCUT2D eigenvalue weighted by Crippen LogP contribution is 2.38. The van der Waals surface area contributed by atoms with Gasteiger partial charge in [-0.2, -0.15) is 0 Å². The summed E-state index contributed by atoms with van der Waals surface area (Å²) in [5.41, 5.74) is 4.20. The summed E-state index contributed by atoms with van der Waals surface area (Å²) in [5, 5.41) is 4.09. The zero-order valence-electron chi connectivity index (χ0n) is 18.2. The summed E-state index contributed by atoms with van der Waals surface area (Å²) in [6.07, 6.45) is 5.49. The molecule has 1 atom stereocenters. The lowest BCUT2D eigenvalue weighted by molar-refractivity contribution is -0.131. The van der Waals surface area contributed by atoms with Crippen LogP contribution < -0.4 is 0 Å². The van der Waals surface area contributed by atoms with E-state index in [1.807, 2.05) is 18.7 Å². The molecule has 0 saturated carbocycles. The molecule has 3 heterocycles. The number of likely N-dealkylation sites (tertiary alicyclic amines) is 1. The second kappa shape index (κ2) is 8.96. The lowest BCUT2D eigenvalue weighted by atomic mass is 10.0. The first-order chi connectivity index (χ1) is 15.0. The van der Waals surface area contributed by atoms with Crippen LogP contribution in [0.15, 0.2) is 35.0 Å². The third-order valence-electron chi connectivity index (χ3n) is 5.90. The average Bonchev–Trinajstić information content (AvgIpc) is 3.38. The first-order valence-corrected chi connectivity index (χ1v) is 10.8. The fourth-order valence-electron chi connectivity index (χ4n) is 4.10. The normalized spacial score (nSPS) is 16.1. The van der Waals surface area contributed by atoms with Gasteiger partial charge in [0.1, 0.15) is 11.6 Å². The van der Waals surface area contributed by atoms with Gasteiger partial charge in [-0.25, -0.2) is 14.4 Å². The number of benzene rings is 1. The number of nitrogens with zero attached hydrogens (tertiary/aromatic N) is 4. The van der Waals surface area contributed by atoms with E-state index in [0.717, 1.165) is 59.6 Å². The van der Waals surface area contributed by atoms with Crippen LogP contribution in [0.2, 0.25) is 0 Å². The summed E-state index contributed by atoms with van der Waals surface area (Å²) in [4.78, 5) is 24.5. The molecule has 1 fully saturated rings. The van der Waals surface area contributed by atoms with Gasteiger partial charge in [0.05, 0.1) is 29.4 Å². The van der Waals surface area contributed by atoms with Crippen LogP contribution in [0.25, 0.3) is 11.3 Å². The molecular formula is C24H27FN4O2. The summed E-state index contributed by atoms with van der Waals surface area (Å²) in [5.74, 6) is 1.14. The largest absolute Gasteiger partial charge is 0.356 e. The maximum absolute atomic E-state index is 13.2. The van der Waals surface area contributed by atoms with Crippen molar-refractivity contribution in [3.8, 4) is 11.3 Å². The minimum atomic E-state index is -0.304. The van der Waals surface area contributed by atoms with Crippen LogP contribution in [0.4, 0.5) is 4.39 Å². The predicted molar refractivity (Wildman–Crippen MR) is 115 cm³/mol. The van der Waals surface area contributed by atoms with Gasteiger partial charge < -0.3 is 9.42 Å². The number of carbonyl (C=O) groups is 1. The van der Waals surface area contributed by atoms with E-state index in [4.69, 9.17) is 9.51 Å². The molecule has 1 aliphatic rings. The predicted octanol–water partition coefficient (Wildman–Crippen LogP) is 4.75. The highest BCUT2D eigenvalue weighted by molar-refractivity contribution is 5.80. The average molecular weight is 423 g/mol. The molecule has 162 valence electrons. The summed E-state index contributed by atoms with van der Waals surface area (Å²) in [6, 6.07) is 5.95. The molecule has 1 aliphatic heterocycles. The maximum atomic E-state index is 13.2. The van der Waals surface area contributed by atoms with Gasteiger partial charge in [0, 0.05) is 24.7 Å². The van der Waals surface area contributed by atoms with E-state index in [0.29, 0.717) is 12.3 Å². The molecule has 1 unspecified atom stereocenters. The molecule has 1 saturated heterocycles. The molecule has 3 aromatic rings. The molecule has 1 aromatic carbocycles. The maximum Gasteiger partial charge on any atom is 0.227 e. The molecule has 4 rings (SSSR count). The second-order valence-electron chi connectivity index (χ2n) is 8.11. The van der Waals surface area contributed by atoms with Crippen LogP contribution >= 0.6 is 0 Å². The SMILES string of the molecule is CCCc1ncc(-c2onc(C)c2C)c(C2CCCN2C(=O)Cc2ccc(F)cc2)n1. The third-order valence-corrected chi connectivity index (χ3v) is 5.90. The van der Waals surface area contributed by atoms with Gasteiger partial charge in [-0.3, -0.25) is 4.79 Å². The van der Waals surface area contributed by atoms with Crippen LogP contribution in [-0.4, -0.2) is 32.5 Å². The Hall–Kier alpha value is -3.09. The third kappa shape index (κ3) is 4.36. The van der Waals surface area contributed by atoms with Crippen molar-refractivity contribution in [2.45, 2.75) is 58.9 Å². The Morgan fingerprint density at radius 2 is 2.03 bits per heavy atom. The summed E-state index contributed by atoms with van der Waals surface area (Å²) >= 11 is 0. The summed E-state index contributed by atoms with van der Waals surface area (Å²) in [7, 11) is 0. The quantitative estimate of drug-likeness (QED) is 0.573. The van der Waals surface area contributed by atoms with Crippen molar-refractivity contribution in [2.75, 3.05) is 6.54 Å². The molecule has 0 spiro atoms. The van der Waals surface area contributed by atoms with Crippen molar-refractivity contribution in [1.29, 1.82) is 0 Å². The number of amides is 1. The highest BCUT2D eigenvalue weighted by atomic mass is 19.1. The molecule has 0 N–H and O–H groups in total. The molecular weight excluding hydrogens is 395 g/mol. The van der Waals surface area contributed by atoms with Gasteiger partial charge in [-0.05, 0) is 50.8 Å². The van der Waals surface area contributed by atoms with E-state index >= 15 is 0 Å². The van der Waals surface area contributed by atoms with E-state index in [-0.39, 0.29) is 24.2 Å². The molecule has 0 bridgehead atoms. The topological polar surface area (TPSA) is 72.1 Å². The number of hydrogen-bond acceptors (Lipinski definition) is 5. The lowest BCUT2D eigenvalue weighted by Gasteiger charge is -2.26. The van der Waals surface area contributed by atoms with Crippen molar-refractivity contribution >= 4 is 5.91 Å². The van der Waals surface area contributed by atoms with Crippen molar-refractivity contribution < 1.29 is 13.7 Å². The van der Waals surface area contributed by atoms with Gasteiger partial charge in [0.25, 0.3) is 0 Å². The molecule has 6 nitrogen and oxygen atoms in total. The zero-order valence-corrected chi connectivity index (χ0v) is 18.2. The van der Waals surface area contributed by atoms with Gasteiger partial charge >= 0.3 is 0 Å². The van der Waals surface area contributed by atoms with E-state index in [2.05, 4.69) is 17.1 Å². The van der Waals surface area contributed by atoms with E-state index in [1.165, 1.54) is 12.1 Å². The molecule has 0 aliphatic carbocycles. The van der Waals surface area contributed by atoms with Gasteiger partial charge in [0.2, 0.25) is 5.91 Å². The van der Waals surface area contributed by atoms with Crippen LogP contribution in [0.3, 0.4) is 0 Å². The standard InChI is InChI=1S/C24H27FN4O2/c1-4-6-21-26-14-19(24-15(2)16(3)28-31-24)23(27-21)20-7-5-12-29(20)22(30)13-17-8-10-18(25)11-9-17/h8-11,14,20H,4-7,12-13H2,1-3H3. The number of hydrogen-bond donors (Lipinski definition) is 0. The number of aryl methyl sites for hydroxylation is 2. The zero-order chi connectivity index (χ0) is 22.0. The Morgan fingerprint density at radius 1 is 1.26 bits per heavy atom. The van der Waals surface area contributed by atoms with E-state index < -0.39 is 0 Å². The highest BCUT2D eigenvalue weighted by Gasteiger charge is 2.34. The van der Waals surface area contributed by atoms with E-state index in [9.17, 15) is 9.18 Å². The Bertz CT molecular complexity index is 1080. The van der Waals surface area contributed by atoms with Crippen molar-refractivity contribution in [1.82, 2.24) is 20.0 Å². The second-order valence-corrected chi connectivity index (χ2v) is 8.11. The first-order valence-electron chi connectivity index (χ1n) is 10.8. The summed E-state index contributed by atoms with van der Waals surface area (Å²) in [6.45, 7) is 6.64. The summed E-state index contributed by atoms with van der Waals surface area (Å²) < 4.78 is 18.8. The van der Waals surface area contributed by atoms with Crippen LogP contribution in [0.5, 0.6) is 0 Å². The van der Waals surface area contributed by atoms with Crippen LogP contribution in [0, 0.1) is 19.7 Å². The number of carbonyl (C=O) groups excluding carboxylic acids is 1. The van der Waals surface area contributed by atoms with Gasteiger partial charge in [0.15, 0.2) is 5.76 Å². The molecule has 1 amide bonds. The van der Waals surface area contributed by atoms with Gasteiger partial charge in [-0.15, -0.1) is 0 Å². The number of rotatable bonds is 6. The van der Waals surface area contributed by atoms with Gasteiger partial charge in [-0.1, -0.05) is 24.2 Å². The minimum absolute atomic E-state index is 0.0150. The smallest absolute Gasteiger partial charge is 0.227 e. The molecule has 7 heteroatoms. The van der Waals surface area contributed by atoms with Crippen molar-refractivity contribution in [2.24, 2.45) is 0 Å². The molecule has 0 radical (unpaired) electrons. The Labute approximate surface area is 181 Å². The number of halogens is 1. The van der Waals surface area contributed by atoms with Crippen molar-refractivity contribution in [3.05, 3.63) is 64.6 Å². The molecule has 31 heavy (non-hydrogen) atoms. The van der Waals surface area contributed by atoms with Crippen LogP contribution in [0.1, 0.15) is 60.6 Å². The Morgan fingerprint density at radius 3 is 2.71 bits per heavy atom. The first kappa shape index (κ1) is 21.2. The molecule has 2 aromatic heterocycles. The number of aromatic nitrogens is 3. The van der Waals surface area contributed by atoms with E-state index in [1.54, 1.807) is 18.3 Å².